The monoisotopic (exact) mass is 556 g/mol. The summed E-state index contributed by atoms with van der Waals surface area (Å²) in [5.74, 6) is 0. The third kappa shape index (κ3) is 7.65. The predicted octanol–water partition coefficient (Wildman–Crippen LogP) is 5.85. The van der Waals surface area contributed by atoms with Gasteiger partial charge in [-0.25, -0.2) is 0 Å². The van der Waals surface area contributed by atoms with Crippen molar-refractivity contribution >= 4 is 46.6 Å². The minimum atomic E-state index is -0.783. The second-order valence-corrected chi connectivity index (χ2v) is 12.1. The van der Waals surface area contributed by atoms with Gasteiger partial charge in [-0.1, -0.05) is 72.8 Å². The molecule has 0 aliphatic rings. The summed E-state index contributed by atoms with van der Waals surface area (Å²) < 4.78 is 0. The fourth-order valence-electron chi connectivity index (χ4n) is 3.72. The Balaban J connectivity index is 0.00000111. The van der Waals surface area contributed by atoms with Crippen LogP contribution in [0.5, 0.6) is 0 Å². The van der Waals surface area contributed by atoms with E-state index in [1.165, 1.54) is 33.5 Å². The van der Waals surface area contributed by atoms with Crippen molar-refractivity contribution in [1.29, 1.82) is 0 Å². The van der Waals surface area contributed by atoms with Crippen molar-refractivity contribution in [3.05, 3.63) is 129 Å². The number of rotatable bonds is 7. The molecule has 0 radical (unpaired) electrons. The molecule has 0 heterocycles. The molecule has 0 nitrogen and oxygen atoms in total. The summed E-state index contributed by atoms with van der Waals surface area (Å²) in [5.41, 5.74) is 0. The SMILES string of the molecule is [CH3-].[Cl][Pd+].c1ccc([PH+](CC[PH+](c2ccccc2)c2ccccc2)c2ccccc2)cc1. The van der Waals surface area contributed by atoms with Crippen LogP contribution in [0, 0.1) is 7.43 Å². The molecule has 4 aromatic carbocycles. The summed E-state index contributed by atoms with van der Waals surface area (Å²) in [6, 6.07) is 44.5. The van der Waals surface area contributed by atoms with Crippen LogP contribution in [-0.4, -0.2) is 12.3 Å². The van der Waals surface area contributed by atoms with Gasteiger partial charge in [-0.05, 0) is 48.5 Å². The standard InChI is InChI=1S/C26H24P2.CH3.ClH.Pd/c1-5-13-23(14-6-1)27(24-15-7-2-8-16-24)21-22-28(25-17-9-3-10-18-25)26-19-11-4-12-20-26;;;/h1-20H,21-22H2;1H3;1H;/q;-1;;+2/p+1. The second kappa shape index (κ2) is 14.7. The normalized spacial score (nSPS) is 10.2. The molecule has 4 aromatic rings. The molecule has 0 aromatic heterocycles. The van der Waals surface area contributed by atoms with E-state index in [0.717, 1.165) is 0 Å². The second-order valence-electron chi connectivity index (χ2n) is 6.92. The fourth-order valence-corrected chi connectivity index (χ4v) is 9.92. The van der Waals surface area contributed by atoms with E-state index in [2.05, 4.69) is 149 Å². The van der Waals surface area contributed by atoms with Gasteiger partial charge in [-0.3, -0.25) is 0 Å². The van der Waals surface area contributed by atoms with Gasteiger partial charge in [-0.15, -0.1) is 0 Å². The third-order valence-electron chi connectivity index (χ3n) is 5.11. The van der Waals surface area contributed by atoms with Crippen molar-refractivity contribution in [2.24, 2.45) is 0 Å². The molecule has 4 heteroatoms. The first-order valence-electron chi connectivity index (χ1n) is 9.97. The molecule has 0 unspecified atom stereocenters. The molecule has 31 heavy (non-hydrogen) atoms. The number of hydrogen-bond acceptors (Lipinski definition) is 0. The van der Waals surface area contributed by atoms with Crippen molar-refractivity contribution in [2.75, 3.05) is 12.3 Å². The van der Waals surface area contributed by atoms with Crippen LogP contribution >= 0.6 is 25.4 Å². The van der Waals surface area contributed by atoms with Crippen LogP contribution in [0.1, 0.15) is 0 Å². The first-order valence-corrected chi connectivity index (χ1v) is 15.4. The molecule has 0 aliphatic carbocycles. The molecule has 0 spiro atoms. The molecule has 0 atom stereocenters. The summed E-state index contributed by atoms with van der Waals surface area (Å²) >= 11 is 2.22. The maximum atomic E-state index is 4.49. The average molecular weight is 557 g/mol. The molecule has 0 fully saturated rings. The molecule has 0 amide bonds. The molecule has 0 saturated carbocycles. The van der Waals surface area contributed by atoms with Gasteiger partial charge in [0.05, 0.1) is 37.1 Å². The zero-order valence-corrected chi connectivity index (χ0v) is 22.0. The summed E-state index contributed by atoms with van der Waals surface area (Å²) in [5, 5.41) is 6.06. The van der Waals surface area contributed by atoms with Gasteiger partial charge in [0.25, 0.3) is 0 Å². The largest absolute Gasteiger partial charge is 0.101 e. The molecule has 0 saturated heterocycles. The first-order chi connectivity index (χ1) is 14.9. The molecular formula is C27H29ClP2Pd+2. The molecule has 162 valence electrons. The minimum absolute atomic E-state index is 0. The van der Waals surface area contributed by atoms with Crippen LogP contribution in [0.15, 0.2) is 121 Å². The molecule has 0 bridgehead atoms. The zero-order chi connectivity index (χ0) is 21.0. The van der Waals surface area contributed by atoms with Gasteiger partial charge in [0.2, 0.25) is 0 Å². The minimum Gasteiger partial charge on any atom is -0.0620 e. The molecule has 4 rings (SSSR count). The van der Waals surface area contributed by atoms with E-state index in [4.69, 9.17) is 0 Å². The van der Waals surface area contributed by atoms with Crippen LogP contribution in [0.2, 0.25) is 0 Å². The Morgan fingerprint density at radius 2 is 0.613 bits per heavy atom. The Hall–Kier alpha value is -1.31. The van der Waals surface area contributed by atoms with Gasteiger partial charge in [-0.2, -0.15) is 0 Å². The molecular weight excluding hydrogens is 528 g/mol. The van der Waals surface area contributed by atoms with Crippen LogP contribution in [0.25, 0.3) is 0 Å². The summed E-state index contributed by atoms with van der Waals surface area (Å²) in [6.45, 7) is 0. The Kier molecular flexibility index (Phi) is 12.3. The maximum Gasteiger partial charge on any atom is 0.101 e. The van der Waals surface area contributed by atoms with Crippen LogP contribution in [0.3, 0.4) is 0 Å². The van der Waals surface area contributed by atoms with Crippen molar-refractivity contribution in [1.82, 2.24) is 0 Å². The van der Waals surface area contributed by atoms with Gasteiger partial charge in [0.15, 0.2) is 0 Å². The topological polar surface area (TPSA) is 0 Å². The van der Waals surface area contributed by atoms with E-state index in [9.17, 15) is 0 Å². The quantitative estimate of drug-likeness (QED) is 0.152. The fraction of sp³-hybridized carbons (Fsp3) is 0.0741. The van der Waals surface area contributed by atoms with Crippen molar-refractivity contribution < 1.29 is 18.2 Å². The molecule has 0 aliphatic heterocycles. The van der Waals surface area contributed by atoms with Crippen LogP contribution < -0.4 is 21.2 Å². The Bertz CT molecular complexity index is 805. The average Bonchev–Trinajstić information content (AvgIpc) is 2.85. The van der Waals surface area contributed by atoms with Crippen molar-refractivity contribution in [2.45, 2.75) is 0 Å². The van der Waals surface area contributed by atoms with Crippen molar-refractivity contribution in [3.8, 4) is 0 Å². The Morgan fingerprint density at radius 1 is 0.419 bits per heavy atom. The van der Waals surface area contributed by atoms with Gasteiger partial charge >= 0.3 is 27.7 Å². The van der Waals surface area contributed by atoms with E-state index < -0.39 is 15.8 Å². The first kappa shape index (κ1) is 25.9. The summed E-state index contributed by atoms with van der Waals surface area (Å²) in [6.07, 6.45) is 2.52. The number of hydrogen-bond donors (Lipinski definition) is 0. The number of benzene rings is 4. The Labute approximate surface area is 205 Å². The zero-order valence-electron chi connectivity index (χ0n) is 17.7. The van der Waals surface area contributed by atoms with Gasteiger partial charge in [0.1, 0.15) is 12.3 Å². The predicted molar refractivity (Wildman–Crippen MR) is 143 cm³/mol. The summed E-state index contributed by atoms with van der Waals surface area (Å²) in [7, 11) is 2.92. The van der Waals surface area contributed by atoms with E-state index >= 15 is 0 Å². The number of halogens is 1. The van der Waals surface area contributed by atoms with E-state index in [1.807, 2.05) is 0 Å². The third-order valence-corrected chi connectivity index (χ3v) is 11.2. The van der Waals surface area contributed by atoms with Crippen molar-refractivity contribution in [3.63, 3.8) is 0 Å². The van der Waals surface area contributed by atoms with Crippen LogP contribution in [-0.2, 0) is 18.2 Å². The van der Waals surface area contributed by atoms with Gasteiger partial charge in [0, 0.05) is 0 Å². The maximum absolute atomic E-state index is 4.49. The van der Waals surface area contributed by atoms with E-state index in [0.29, 0.717) is 0 Å². The smallest absolute Gasteiger partial charge is 0.0620 e. The van der Waals surface area contributed by atoms with Crippen LogP contribution in [0.4, 0.5) is 0 Å². The van der Waals surface area contributed by atoms with Gasteiger partial charge < -0.3 is 7.43 Å². The Morgan fingerprint density at radius 3 is 0.806 bits per heavy atom. The van der Waals surface area contributed by atoms with E-state index in [1.54, 1.807) is 0 Å². The van der Waals surface area contributed by atoms with E-state index in [-0.39, 0.29) is 7.43 Å². The molecule has 0 N–H and O–H groups in total. The summed E-state index contributed by atoms with van der Waals surface area (Å²) in [4.78, 5) is 0.